The van der Waals surface area contributed by atoms with E-state index in [2.05, 4.69) is 5.16 Å². The van der Waals surface area contributed by atoms with E-state index < -0.39 is 11.6 Å². The molecule has 4 aromatic rings. The molecule has 204 valence electrons. The van der Waals surface area contributed by atoms with Gasteiger partial charge in [-0.1, -0.05) is 59.0 Å². The van der Waals surface area contributed by atoms with Gasteiger partial charge in [0.05, 0.1) is 23.4 Å². The summed E-state index contributed by atoms with van der Waals surface area (Å²) in [7, 11) is 1.52. The van der Waals surface area contributed by atoms with Crippen molar-refractivity contribution in [1.29, 1.82) is 0 Å². The van der Waals surface area contributed by atoms with Crippen LogP contribution in [0.5, 0.6) is 11.5 Å². The molecular weight excluding hydrogens is 516 g/mol. The first kappa shape index (κ1) is 27.9. The molecule has 0 atom stereocenters. The number of esters is 1. The van der Waals surface area contributed by atoms with Crippen LogP contribution in [0.15, 0.2) is 82.7 Å². The van der Waals surface area contributed by atoms with Gasteiger partial charge in [0.2, 0.25) is 0 Å². The number of carbonyl (C=O) groups excluding carboxylic acids is 1. The molecule has 0 aliphatic heterocycles. The standard InChI is InChI=1S/C30H32N2O6S/c1-5-36-28(33)30(2,3)38-24-14-9-13-23(20-24)37-18-10-17-32-25-16-15-22(19-26(25)39-29(32)34)27(31-35-4)21-11-7-6-8-12-21/h6-9,11-16,19-20H,5,10,17-18H2,1-4H3. The third-order valence-corrected chi connectivity index (χ3v) is 6.85. The van der Waals surface area contributed by atoms with E-state index in [1.165, 1.54) is 18.4 Å². The van der Waals surface area contributed by atoms with Gasteiger partial charge in [-0.3, -0.25) is 9.36 Å². The van der Waals surface area contributed by atoms with Gasteiger partial charge in [0.25, 0.3) is 0 Å². The average Bonchev–Trinajstić information content (AvgIpc) is 3.24. The summed E-state index contributed by atoms with van der Waals surface area (Å²) in [5, 5.41) is 4.22. The minimum absolute atomic E-state index is 0.0244. The molecule has 8 nitrogen and oxygen atoms in total. The van der Waals surface area contributed by atoms with Crippen LogP contribution in [0.1, 0.15) is 38.3 Å². The SMILES string of the molecule is CCOC(=O)C(C)(C)Oc1cccc(OCCCn2c(=O)sc3cc(C(=NOC)c4ccccc4)ccc32)c1. The number of ether oxygens (including phenoxy) is 3. The molecule has 39 heavy (non-hydrogen) atoms. The van der Waals surface area contributed by atoms with E-state index in [1.807, 2.05) is 54.6 Å². The summed E-state index contributed by atoms with van der Waals surface area (Å²) in [6.45, 7) is 6.29. The molecule has 9 heteroatoms. The molecule has 0 radical (unpaired) electrons. The molecule has 0 unspecified atom stereocenters. The minimum Gasteiger partial charge on any atom is -0.493 e. The number of hydrogen-bond donors (Lipinski definition) is 0. The van der Waals surface area contributed by atoms with Gasteiger partial charge in [0.1, 0.15) is 24.3 Å². The van der Waals surface area contributed by atoms with Crippen molar-refractivity contribution >= 4 is 33.2 Å². The highest BCUT2D eigenvalue weighted by Gasteiger charge is 2.31. The molecule has 0 aliphatic rings. The van der Waals surface area contributed by atoms with Crippen LogP contribution in [0.25, 0.3) is 10.2 Å². The fourth-order valence-electron chi connectivity index (χ4n) is 4.07. The topological polar surface area (TPSA) is 88.4 Å². The van der Waals surface area contributed by atoms with Gasteiger partial charge in [-0.15, -0.1) is 0 Å². The molecule has 1 heterocycles. The molecule has 0 aliphatic carbocycles. The zero-order valence-corrected chi connectivity index (χ0v) is 23.3. The lowest BCUT2D eigenvalue weighted by molar-refractivity contribution is -0.158. The number of aromatic nitrogens is 1. The first-order chi connectivity index (χ1) is 18.8. The maximum Gasteiger partial charge on any atom is 0.349 e. The maximum absolute atomic E-state index is 12.8. The quantitative estimate of drug-likeness (QED) is 0.0984. The van der Waals surface area contributed by atoms with E-state index in [0.717, 1.165) is 21.3 Å². The van der Waals surface area contributed by atoms with Gasteiger partial charge >= 0.3 is 10.8 Å². The lowest BCUT2D eigenvalue weighted by Crippen LogP contribution is -2.39. The number of carbonyl (C=O) groups is 1. The second kappa shape index (κ2) is 12.6. The number of aryl methyl sites for hydroxylation is 1. The molecular formula is C30H32N2O6S. The predicted octanol–water partition coefficient (Wildman–Crippen LogP) is 5.65. The molecule has 0 fully saturated rings. The van der Waals surface area contributed by atoms with Crippen molar-refractivity contribution in [2.45, 2.75) is 39.3 Å². The van der Waals surface area contributed by atoms with Gasteiger partial charge in [-0.05, 0) is 51.5 Å². The summed E-state index contributed by atoms with van der Waals surface area (Å²) in [6, 6.07) is 22.8. The van der Waals surface area contributed by atoms with Crippen LogP contribution in [0.4, 0.5) is 0 Å². The number of rotatable bonds is 12. The van der Waals surface area contributed by atoms with Crippen molar-refractivity contribution in [1.82, 2.24) is 4.57 Å². The Balaban J connectivity index is 1.40. The smallest absolute Gasteiger partial charge is 0.349 e. The normalized spacial score (nSPS) is 11.8. The highest BCUT2D eigenvalue weighted by molar-refractivity contribution is 7.16. The second-order valence-corrected chi connectivity index (χ2v) is 10.2. The predicted molar refractivity (Wildman–Crippen MR) is 153 cm³/mol. The van der Waals surface area contributed by atoms with Crippen molar-refractivity contribution in [3.63, 3.8) is 0 Å². The number of fused-ring (bicyclic) bond motifs is 1. The van der Waals surface area contributed by atoms with E-state index in [1.54, 1.807) is 43.5 Å². The van der Waals surface area contributed by atoms with E-state index in [4.69, 9.17) is 19.0 Å². The number of thiazole rings is 1. The molecule has 0 saturated heterocycles. The Labute approximate surface area is 231 Å². The lowest BCUT2D eigenvalue weighted by Gasteiger charge is -2.24. The summed E-state index contributed by atoms with van der Waals surface area (Å²) in [5.74, 6) is 0.692. The lowest BCUT2D eigenvalue weighted by atomic mass is 10.0. The van der Waals surface area contributed by atoms with Crippen molar-refractivity contribution in [3.05, 3.63) is 93.6 Å². The first-order valence-corrected chi connectivity index (χ1v) is 13.5. The second-order valence-electron chi connectivity index (χ2n) is 9.20. The van der Waals surface area contributed by atoms with Crippen molar-refractivity contribution in [2.75, 3.05) is 20.3 Å². The Bertz CT molecular complexity index is 1510. The highest BCUT2D eigenvalue weighted by atomic mass is 32.1. The summed E-state index contributed by atoms with van der Waals surface area (Å²) < 4.78 is 19.5. The average molecular weight is 549 g/mol. The largest absolute Gasteiger partial charge is 0.493 e. The van der Waals surface area contributed by atoms with E-state index in [-0.39, 0.29) is 11.5 Å². The van der Waals surface area contributed by atoms with Crippen LogP contribution in [0, 0.1) is 0 Å². The Kier molecular flexibility index (Phi) is 9.03. The van der Waals surface area contributed by atoms with Crippen LogP contribution in [-0.2, 0) is 20.9 Å². The highest BCUT2D eigenvalue weighted by Crippen LogP contribution is 2.25. The van der Waals surface area contributed by atoms with Crippen molar-refractivity contribution < 1.29 is 23.8 Å². The molecule has 3 aromatic carbocycles. The molecule has 0 N–H and O–H groups in total. The van der Waals surface area contributed by atoms with E-state index >= 15 is 0 Å². The zero-order chi connectivity index (χ0) is 27.8. The van der Waals surface area contributed by atoms with Gasteiger partial charge in [-0.2, -0.15) is 0 Å². The Morgan fingerprint density at radius 1 is 0.974 bits per heavy atom. The molecule has 4 rings (SSSR count). The molecule has 0 bridgehead atoms. The van der Waals surface area contributed by atoms with E-state index in [9.17, 15) is 9.59 Å². The first-order valence-electron chi connectivity index (χ1n) is 12.7. The minimum atomic E-state index is -1.12. The monoisotopic (exact) mass is 548 g/mol. The van der Waals surface area contributed by atoms with Crippen LogP contribution in [-0.4, -0.2) is 42.2 Å². The van der Waals surface area contributed by atoms with Crippen LogP contribution in [0.3, 0.4) is 0 Å². The Morgan fingerprint density at radius 3 is 2.49 bits per heavy atom. The van der Waals surface area contributed by atoms with Gasteiger partial charge in [0, 0.05) is 23.7 Å². The van der Waals surface area contributed by atoms with Gasteiger partial charge in [0.15, 0.2) is 5.60 Å². The number of benzene rings is 3. The molecule has 1 aromatic heterocycles. The fourth-order valence-corrected chi connectivity index (χ4v) is 5.02. The summed E-state index contributed by atoms with van der Waals surface area (Å²) >= 11 is 1.21. The Morgan fingerprint density at radius 2 is 1.74 bits per heavy atom. The number of oxime groups is 1. The number of nitrogens with zero attached hydrogens (tertiary/aromatic N) is 2. The molecule has 0 saturated carbocycles. The summed E-state index contributed by atoms with van der Waals surface area (Å²) in [4.78, 5) is 30.0. The summed E-state index contributed by atoms with van der Waals surface area (Å²) in [6.07, 6.45) is 0.632. The molecule has 0 spiro atoms. The third-order valence-electron chi connectivity index (χ3n) is 5.91. The van der Waals surface area contributed by atoms with Gasteiger partial charge in [-0.25, -0.2) is 4.79 Å². The van der Waals surface area contributed by atoms with Gasteiger partial charge < -0.3 is 19.0 Å². The van der Waals surface area contributed by atoms with E-state index in [0.29, 0.717) is 36.8 Å². The molecule has 0 amide bonds. The number of hydrogen-bond acceptors (Lipinski definition) is 8. The summed E-state index contributed by atoms with van der Waals surface area (Å²) in [5.41, 5.74) is 2.27. The van der Waals surface area contributed by atoms with Crippen molar-refractivity contribution in [3.8, 4) is 11.5 Å². The fraction of sp³-hybridized carbons (Fsp3) is 0.300. The third kappa shape index (κ3) is 6.86. The zero-order valence-electron chi connectivity index (χ0n) is 22.5. The van der Waals surface area contributed by atoms with Crippen LogP contribution < -0.4 is 14.3 Å². The Hall–Kier alpha value is -4.11. The van der Waals surface area contributed by atoms with Crippen LogP contribution in [0.2, 0.25) is 0 Å². The maximum atomic E-state index is 12.8. The van der Waals surface area contributed by atoms with Crippen LogP contribution >= 0.6 is 11.3 Å². The van der Waals surface area contributed by atoms with Crippen molar-refractivity contribution in [2.24, 2.45) is 5.16 Å².